The molecule has 2 aromatic carbocycles. The van der Waals surface area contributed by atoms with Gasteiger partial charge in [-0.1, -0.05) is 60.1 Å². The highest BCUT2D eigenvalue weighted by molar-refractivity contribution is 6.32. The minimum atomic E-state index is -4.49. The molecule has 0 radical (unpaired) electrons. The molecule has 1 fully saturated rings. The molecule has 0 spiro atoms. The Morgan fingerprint density at radius 3 is 2.50 bits per heavy atom. The SMILES string of the molecule is O=C1CCCN1Cc1ccc(-c2ccccc2CNc2ncc(C(F)(F)F)cc2Cl)cc1. The summed E-state index contributed by atoms with van der Waals surface area (Å²) in [6, 6.07) is 16.7. The number of carbonyl (C=O) groups is 1. The lowest BCUT2D eigenvalue weighted by Gasteiger charge is -2.16. The third-order valence-corrected chi connectivity index (χ3v) is 5.73. The molecule has 1 amide bonds. The number of amides is 1. The number of rotatable bonds is 6. The molecule has 166 valence electrons. The Kier molecular flexibility index (Phi) is 6.37. The van der Waals surface area contributed by atoms with Crippen LogP contribution >= 0.6 is 11.6 Å². The van der Waals surface area contributed by atoms with Crippen molar-refractivity contribution in [2.24, 2.45) is 0 Å². The number of nitrogens with zero attached hydrogens (tertiary/aromatic N) is 2. The van der Waals surface area contributed by atoms with Crippen LogP contribution in [0.4, 0.5) is 19.0 Å². The standard InChI is InChI=1S/C24H21ClF3N3O/c25-21-12-19(24(26,27)28)14-30-23(21)29-13-18-4-1-2-5-20(18)17-9-7-16(8-10-17)15-31-11-3-6-22(31)32/h1-2,4-5,7-10,12,14H,3,6,11,13,15H2,(H,29,30). The summed E-state index contributed by atoms with van der Waals surface area (Å²) in [5, 5.41) is 2.94. The summed E-state index contributed by atoms with van der Waals surface area (Å²) in [5.41, 5.74) is 3.13. The van der Waals surface area contributed by atoms with E-state index in [4.69, 9.17) is 11.6 Å². The van der Waals surface area contributed by atoms with E-state index in [2.05, 4.69) is 10.3 Å². The minimum absolute atomic E-state index is 0.0851. The average Bonchev–Trinajstić information content (AvgIpc) is 3.17. The molecule has 0 aliphatic carbocycles. The van der Waals surface area contributed by atoms with Crippen molar-refractivity contribution in [2.45, 2.75) is 32.1 Å². The molecule has 1 aromatic heterocycles. The van der Waals surface area contributed by atoms with Gasteiger partial charge in [-0.05, 0) is 34.7 Å². The number of likely N-dealkylation sites (tertiary alicyclic amines) is 1. The number of halogens is 4. The smallest absolute Gasteiger partial charge is 0.365 e. The average molecular weight is 460 g/mol. The van der Waals surface area contributed by atoms with E-state index in [9.17, 15) is 18.0 Å². The minimum Gasteiger partial charge on any atom is -0.365 e. The topological polar surface area (TPSA) is 45.2 Å². The highest BCUT2D eigenvalue weighted by Crippen LogP contribution is 2.33. The van der Waals surface area contributed by atoms with Crippen molar-refractivity contribution >= 4 is 23.3 Å². The molecule has 4 rings (SSSR count). The molecule has 0 saturated carbocycles. The molecule has 32 heavy (non-hydrogen) atoms. The van der Waals surface area contributed by atoms with Crippen LogP contribution in [0.1, 0.15) is 29.5 Å². The number of pyridine rings is 1. The Morgan fingerprint density at radius 2 is 1.84 bits per heavy atom. The van der Waals surface area contributed by atoms with Crippen molar-refractivity contribution in [1.82, 2.24) is 9.88 Å². The first-order valence-corrected chi connectivity index (χ1v) is 10.6. The first-order chi connectivity index (χ1) is 15.3. The van der Waals surface area contributed by atoms with Gasteiger partial charge in [0.25, 0.3) is 0 Å². The van der Waals surface area contributed by atoms with Gasteiger partial charge in [-0.15, -0.1) is 0 Å². The Labute approximate surface area is 189 Å². The van der Waals surface area contributed by atoms with Gasteiger partial charge < -0.3 is 10.2 Å². The molecular formula is C24H21ClF3N3O. The predicted octanol–water partition coefficient (Wildman–Crippen LogP) is 6.16. The second kappa shape index (κ2) is 9.20. The lowest BCUT2D eigenvalue weighted by atomic mass is 9.98. The molecule has 1 saturated heterocycles. The molecule has 1 aliphatic rings. The van der Waals surface area contributed by atoms with Crippen molar-refractivity contribution in [3.63, 3.8) is 0 Å². The molecular weight excluding hydrogens is 439 g/mol. The van der Waals surface area contributed by atoms with Crippen LogP contribution < -0.4 is 5.32 Å². The number of anilines is 1. The Balaban J connectivity index is 1.48. The van der Waals surface area contributed by atoms with Crippen LogP contribution in [0.2, 0.25) is 5.02 Å². The fourth-order valence-electron chi connectivity index (χ4n) is 3.74. The van der Waals surface area contributed by atoms with E-state index >= 15 is 0 Å². The third-order valence-electron chi connectivity index (χ3n) is 5.44. The van der Waals surface area contributed by atoms with Gasteiger partial charge in [-0.3, -0.25) is 4.79 Å². The number of alkyl halides is 3. The summed E-state index contributed by atoms with van der Waals surface area (Å²) >= 11 is 6.00. The fraction of sp³-hybridized carbons (Fsp3) is 0.250. The maximum Gasteiger partial charge on any atom is 0.417 e. The van der Waals surface area contributed by atoms with Crippen molar-refractivity contribution in [3.8, 4) is 11.1 Å². The van der Waals surface area contributed by atoms with Crippen molar-refractivity contribution in [2.75, 3.05) is 11.9 Å². The summed E-state index contributed by atoms with van der Waals surface area (Å²) in [4.78, 5) is 17.5. The van der Waals surface area contributed by atoms with Crippen LogP contribution in [0.15, 0.2) is 60.8 Å². The molecule has 3 aromatic rings. The second-order valence-electron chi connectivity index (χ2n) is 7.68. The van der Waals surface area contributed by atoms with Gasteiger partial charge in [-0.2, -0.15) is 13.2 Å². The molecule has 0 atom stereocenters. The predicted molar refractivity (Wildman–Crippen MR) is 118 cm³/mol. The molecule has 1 N–H and O–H groups in total. The zero-order chi connectivity index (χ0) is 22.7. The van der Waals surface area contributed by atoms with Gasteiger partial charge in [0.15, 0.2) is 0 Å². The number of nitrogens with one attached hydrogen (secondary N) is 1. The Hall–Kier alpha value is -3.06. The summed E-state index contributed by atoms with van der Waals surface area (Å²) in [6.45, 7) is 1.76. The van der Waals surface area contributed by atoms with Crippen molar-refractivity contribution in [1.29, 1.82) is 0 Å². The summed E-state index contributed by atoms with van der Waals surface area (Å²) < 4.78 is 38.4. The molecule has 2 heterocycles. The van der Waals surface area contributed by atoms with E-state index < -0.39 is 11.7 Å². The van der Waals surface area contributed by atoms with E-state index in [1.165, 1.54) is 0 Å². The maximum atomic E-state index is 12.8. The normalized spacial score (nSPS) is 14.1. The van der Waals surface area contributed by atoms with Gasteiger partial charge in [0.1, 0.15) is 5.82 Å². The first-order valence-electron chi connectivity index (χ1n) is 10.2. The lowest BCUT2D eigenvalue weighted by molar-refractivity contribution is -0.137. The highest BCUT2D eigenvalue weighted by Gasteiger charge is 2.31. The molecule has 0 unspecified atom stereocenters. The Morgan fingerprint density at radius 1 is 1.09 bits per heavy atom. The van der Waals surface area contributed by atoms with Crippen LogP contribution in [0.3, 0.4) is 0 Å². The second-order valence-corrected chi connectivity index (χ2v) is 8.09. The van der Waals surface area contributed by atoms with Gasteiger partial charge >= 0.3 is 6.18 Å². The van der Waals surface area contributed by atoms with Crippen LogP contribution in [-0.4, -0.2) is 22.3 Å². The molecule has 1 aliphatic heterocycles. The van der Waals surface area contributed by atoms with Crippen LogP contribution in [0.25, 0.3) is 11.1 Å². The number of hydrogen-bond acceptors (Lipinski definition) is 3. The quantitative estimate of drug-likeness (QED) is 0.480. The van der Waals surface area contributed by atoms with E-state index in [0.29, 0.717) is 19.5 Å². The summed E-state index contributed by atoms with van der Waals surface area (Å²) in [7, 11) is 0. The first kappa shape index (κ1) is 22.1. The van der Waals surface area contributed by atoms with E-state index in [0.717, 1.165) is 47.5 Å². The zero-order valence-corrected chi connectivity index (χ0v) is 17.9. The molecule has 4 nitrogen and oxygen atoms in total. The van der Waals surface area contributed by atoms with E-state index in [1.54, 1.807) is 0 Å². The number of hydrogen-bond donors (Lipinski definition) is 1. The van der Waals surface area contributed by atoms with Crippen LogP contribution in [0, 0.1) is 0 Å². The third kappa shape index (κ3) is 5.05. The number of aromatic nitrogens is 1. The van der Waals surface area contributed by atoms with E-state index in [-0.39, 0.29) is 16.7 Å². The van der Waals surface area contributed by atoms with Crippen molar-refractivity contribution < 1.29 is 18.0 Å². The monoisotopic (exact) mass is 459 g/mol. The Bertz CT molecular complexity index is 1120. The largest absolute Gasteiger partial charge is 0.417 e. The molecule has 0 bridgehead atoms. The fourth-order valence-corrected chi connectivity index (χ4v) is 3.97. The molecule has 8 heteroatoms. The van der Waals surface area contributed by atoms with Gasteiger partial charge in [0.05, 0.1) is 10.6 Å². The zero-order valence-electron chi connectivity index (χ0n) is 17.1. The van der Waals surface area contributed by atoms with Crippen LogP contribution in [-0.2, 0) is 24.1 Å². The van der Waals surface area contributed by atoms with Crippen molar-refractivity contribution in [3.05, 3.63) is 82.5 Å². The van der Waals surface area contributed by atoms with Crippen LogP contribution in [0.5, 0.6) is 0 Å². The lowest BCUT2D eigenvalue weighted by Crippen LogP contribution is -2.23. The highest BCUT2D eigenvalue weighted by atomic mass is 35.5. The summed E-state index contributed by atoms with van der Waals surface area (Å²) in [5.74, 6) is 0.390. The van der Waals surface area contributed by atoms with Gasteiger partial charge in [0, 0.05) is 32.3 Å². The number of carbonyl (C=O) groups excluding carboxylic acids is 1. The van der Waals surface area contributed by atoms with E-state index in [1.807, 2.05) is 53.4 Å². The number of benzene rings is 2. The maximum absolute atomic E-state index is 12.8. The summed E-state index contributed by atoms with van der Waals surface area (Å²) in [6.07, 6.45) is -2.19. The van der Waals surface area contributed by atoms with Gasteiger partial charge in [-0.25, -0.2) is 4.98 Å². The van der Waals surface area contributed by atoms with Gasteiger partial charge in [0.2, 0.25) is 5.91 Å².